The quantitative estimate of drug-likeness (QED) is 0.689. The van der Waals surface area contributed by atoms with Gasteiger partial charge in [0.05, 0.1) is 12.8 Å². The Morgan fingerprint density at radius 2 is 1.96 bits per heavy atom. The van der Waals surface area contributed by atoms with Crippen LogP contribution in [-0.4, -0.2) is 37.3 Å². The molecule has 0 unspecified atom stereocenters. The molecule has 2 rings (SSSR count). The second-order valence-electron chi connectivity index (χ2n) is 5.88. The average Bonchev–Trinajstić information content (AvgIpc) is 2.96. The largest absolute Gasteiger partial charge is 0.496 e. The molecule has 0 saturated heterocycles. The van der Waals surface area contributed by atoms with E-state index in [4.69, 9.17) is 14.0 Å². The van der Waals surface area contributed by atoms with Crippen LogP contribution in [0.5, 0.6) is 5.75 Å². The predicted octanol–water partition coefficient (Wildman–Crippen LogP) is 2.13. The minimum atomic E-state index is -0.426. The maximum absolute atomic E-state index is 11.8. The van der Waals surface area contributed by atoms with Crippen molar-refractivity contribution in [2.75, 3.05) is 20.3 Å². The Kier molecular flexibility index (Phi) is 7.20. The van der Waals surface area contributed by atoms with Crippen molar-refractivity contribution in [1.82, 2.24) is 10.5 Å². The molecule has 1 aromatic carbocycles. The van der Waals surface area contributed by atoms with E-state index in [0.717, 1.165) is 22.6 Å². The van der Waals surface area contributed by atoms with E-state index >= 15 is 0 Å². The number of carbonyl (C=O) groups excluding carboxylic acids is 2. The van der Waals surface area contributed by atoms with E-state index < -0.39 is 5.97 Å². The minimum Gasteiger partial charge on any atom is -0.496 e. The summed E-state index contributed by atoms with van der Waals surface area (Å²) < 4.78 is 15.3. The first-order chi connectivity index (χ1) is 12.5. The van der Waals surface area contributed by atoms with Crippen molar-refractivity contribution in [3.8, 4) is 5.75 Å². The summed E-state index contributed by atoms with van der Waals surface area (Å²) in [4.78, 5) is 23.6. The second kappa shape index (κ2) is 9.60. The van der Waals surface area contributed by atoms with Gasteiger partial charge < -0.3 is 19.3 Å². The molecule has 7 nitrogen and oxygen atoms in total. The van der Waals surface area contributed by atoms with Gasteiger partial charge in [0.1, 0.15) is 11.5 Å². The van der Waals surface area contributed by atoms with Gasteiger partial charge in [0.15, 0.2) is 6.61 Å². The molecule has 1 N–H and O–H groups in total. The van der Waals surface area contributed by atoms with Gasteiger partial charge in [-0.1, -0.05) is 23.4 Å². The third-order valence-electron chi connectivity index (χ3n) is 4.03. The van der Waals surface area contributed by atoms with Gasteiger partial charge in [-0.25, -0.2) is 0 Å². The van der Waals surface area contributed by atoms with Gasteiger partial charge in [0.25, 0.3) is 5.91 Å². The Bertz CT molecular complexity index is 735. The van der Waals surface area contributed by atoms with E-state index in [9.17, 15) is 9.59 Å². The zero-order valence-electron chi connectivity index (χ0n) is 15.3. The van der Waals surface area contributed by atoms with Crippen molar-refractivity contribution in [3.05, 3.63) is 46.8 Å². The first-order valence-electron chi connectivity index (χ1n) is 8.47. The molecular weight excluding hydrogens is 336 g/mol. The van der Waals surface area contributed by atoms with Gasteiger partial charge in [0, 0.05) is 18.5 Å². The summed E-state index contributed by atoms with van der Waals surface area (Å²) in [7, 11) is 1.61. The van der Waals surface area contributed by atoms with Crippen LogP contribution in [0, 0.1) is 13.8 Å². The molecule has 1 heterocycles. The van der Waals surface area contributed by atoms with Crippen LogP contribution in [0.15, 0.2) is 28.8 Å². The lowest BCUT2D eigenvalue weighted by molar-refractivity contribution is -0.148. The molecule has 0 radical (unpaired) electrons. The third kappa shape index (κ3) is 5.61. The number of ether oxygens (including phenoxy) is 2. The molecule has 1 amide bonds. The fourth-order valence-corrected chi connectivity index (χ4v) is 2.60. The van der Waals surface area contributed by atoms with Gasteiger partial charge in [-0.3, -0.25) is 9.59 Å². The molecule has 0 bridgehead atoms. The highest BCUT2D eigenvalue weighted by Gasteiger charge is 2.13. The number of rotatable bonds is 9. The standard InChI is InChI=1S/C19H24N2O5/c1-13-16(14(2)26-21-13)8-9-19(23)25-12-18(22)20-11-10-15-6-4-5-7-17(15)24-3/h4-7H,8-12H2,1-3H3,(H,20,22). The van der Waals surface area contributed by atoms with E-state index in [-0.39, 0.29) is 18.9 Å². The molecule has 140 valence electrons. The molecule has 0 aliphatic rings. The van der Waals surface area contributed by atoms with E-state index in [1.165, 1.54) is 0 Å². The Morgan fingerprint density at radius 3 is 2.65 bits per heavy atom. The number of hydrogen-bond acceptors (Lipinski definition) is 6. The smallest absolute Gasteiger partial charge is 0.306 e. The summed E-state index contributed by atoms with van der Waals surface area (Å²) in [6, 6.07) is 7.63. The van der Waals surface area contributed by atoms with Crippen molar-refractivity contribution in [2.45, 2.75) is 33.1 Å². The van der Waals surface area contributed by atoms with Crippen molar-refractivity contribution >= 4 is 11.9 Å². The van der Waals surface area contributed by atoms with Crippen LogP contribution in [0.4, 0.5) is 0 Å². The monoisotopic (exact) mass is 360 g/mol. The van der Waals surface area contributed by atoms with Crippen LogP contribution in [-0.2, 0) is 27.2 Å². The summed E-state index contributed by atoms with van der Waals surface area (Å²) in [5, 5.41) is 6.57. The number of aromatic nitrogens is 1. The number of nitrogens with zero attached hydrogens (tertiary/aromatic N) is 1. The van der Waals surface area contributed by atoms with Crippen molar-refractivity contribution in [1.29, 1.82) is 0 Å². The number of benzene rings is 1. The fraction of sp³-hybridized carbons (Fsp3) is 0.421. The first kappa shape index (κ1) is 19.5. The molecule has 26 heavy (non-hydrogen) atoms. The summed E-state index contributed by atoms with van der Waals surface area (Å²) in [6.45, 7) is 3.78. The van der Waals surface area contributed by atoms with Gasteiger partial charge in [-0.05, 0) is 38.3 Å². The van der Waals surface area contributed by atoms with Crippen LogP contribution < -0.4 is 10.1 Å². The lowest BCUT2D eigenvalue weighted by Gasteiger charge is -2.09. The first-order valence-corrected chi connectivity index (χ1v) is 8.47. The number of nitrogens with one attached hydrogen (secondary N) is 1. The normalized spacial score (nSPS) is 10.4. The molecule has 1 aromatic heterocycles. The van der Waals surface area contributed by atoms with E-state index in [1.54, 1.807) is 14.0 Å². The maximum atomic E-state index is 11.8. The summed E-state index contributed by atoms with van der Waals surface area (Å²) in [6.07, 6.45) is 1.29. The zero-order chi connectivity index (χ0) is 18.9. The molecule has 0 aliphatic carbocycles. The molecule has 0 spiro atoms. The second-order valence-corrected chi connectivity index (χ2v) is 5.88. The highest BCUT2D eigenvalue weighted by atomic mass is 16.5. The van der Waals surface area contributed by atoms with Crippen molar-refractivity contribution in [3.63, 3.8) is 0 Å². The molecule has 0 aliphatic heterocycles. The van der Waals surface area contributed by atoms with E-state index in [2.05, 4.69) is 10.5 Å². The van der Waals surface area contributed by atoms with Gasteiger partial charge in [-0.2, -0.15) is 0 Å². The predicted molar refractivity (Wildman–Crippen MR) is 95.0 cm³/mol. The zero-order valence-corrected chi connectivity index (χ0v) is 15.3. The Balaban J connectivity index is 1.66. The highest BCUT2D eigenvalue weighted by molar-refractivity contribution is 5.80. The van der Waals surface area contributed by atoms with Crippen LogP contribution in [0.2, 0.25) is 0 Å². The lowest BCUT2D eigenvalue weighted by atomic mass is 10.1. The van der Waals surface area contributed by atoms with Crippen LogP contribution >= 0.6 is 0 Å². The Hall–Kier alpha value is -2.83. The molecule has 2 aromatic rings. The summed E-state index contributed by atoms with van der Waals surface area (Å²) in [5.41, 5.74) is 2.68. The summed E-state index contributed by atoms with van der Waals surface area (Å²) in [5.74, 6) is 0.729. The molecule has 0 fully saturated rings. The number of para-hydroxylation sites is 1. The summed E-state index contributed by atoms with van der Waals surface area (Å²) >= 11 is 0. The molecular formula is C19H24N2O5. The number of aryl methyl sites for hydroxylation is 2. The number of carbonyl (C=O) groups is 2. The van der Waals surface area contributed by atoms with E-state index in [0.29, 0.717) is 25.1 Å². The average molecular weight is 360 g/mol. The van der Waals surface area contributed by atoms with Gasteiger partial charge in [0.2, 0.25) is 0 Å². The Morgan fingerprint density at radius 1 is 1.19 bits per heavy atom. The van der Waals surface area contributed by atoms with E-state index in [1.807, 2.05) is 31.2 Å². The number of amides is 1. The maximum Gasteiger partial charge on any atom is 0.306 e. The Labute approximate surface area is 152 Å². The lowest BCUT2D eigenvalue weighted by Crippen LogP contribution is -2.30. The SMILES string of the molecule is COc1ccccc1CCNC(=O)COC(=O)CCc1c(C)noc1C. The van der Waals surface area contributed by atoms with Gasteiger partial charge in [-0.15, -0.1) is 0 Å². The number of methoxy groups -OCH3 is 1. The van der Waals surface area contributed by atoms with Crippen molar-refractivity contribution < 1.29 is 23.6 Å². The molecule has 7 heteroatoms. The van der Waals surface area contributed by atoms with Crippen molar-refractivity contribution in [2.24, 2.45) is 0 Å². The topological polar surface area (TPSA) is 90.7 Å². The molecule has 0 saturated carbocycles. The highest BCUT2D eigenvalue weighted by Crippen LogP contribution is 2.17. The number of esters is 1. The van der Waals surface area contributed by atoms with Crippen LogP contribution in [0.3, 0.4) is 0 Å². The van der Waals surface area contributed by atoms with Gasteiger partial charge >= 0.3 is 5.97 Å². The fourth-order valence-electron chi connectivity index (χ4n) is 2.60. The van der Waals surface area contributed by atoms with Crippen LogP contribution in [0.25, 0.3) is 0 Å². The third-order valence-corrected chi connectivity index (χ3v) is 4.03. The number of hydrogen-bond donors (Lipinski definition) is 1. The molecule has 0 atom stereocenters. The van der Waals surface area contributed by atoms with Crippen LogP contribution in [0.1, 0.15) is 29.0 Å². The minimum absolute atomic E-state index is 0.178.